The number of hydrogen-bond acceptors (Lipinski definition) is 4. The van der Waals surface area contributed by atoms with E-state index in [0.29, 0.717) is 0 Å². The molecule has 0 aromatic heterocycles. The number of hydrogen-bond donors (Lipinski definition) is 4. The van der Waals surface area contributed by atoms with Crippen LogP contribution in [0.5, 0.6) is 0 Å². The van der Waals surface area contributed by atoms with Crippen LogP contribution in [0.4, 0.5) is 0 Å². The molecule has 0 heterocycles. The first kappa shape index (κ1) is 29.8. The maximum absolute atomic E-state index is 7.33. The van der Waals surface area contributed by atoms with Gasteiger partial charge in [-0.25, -0.2) is 0 Å². The second-order valence-corrected chi connectivity index (χ2v) is 1.80. The van der Waals surface area contributed by atoms with E-state index in [4.69, 9.17) is 19.2 Å². The second kappa shape index (κ2) is 13.3. The van der Waals surface area contributed by atoms with E-state index in [1.807, 2.05) is 0 Å². The van der Waals surface area contributed by atoms with Crippen LogP contribution in [-0.4, -0.2) is 51.1 Å². The maximum Gasteiger partial charge on any atom is 1.00 e. The molecule has 0 aromatic rings. The third kappa shape index (κ3) is 111. The molecule has 0 amide bonds. The van der Waals surface area contributed by atoms with Crippen LogP contribution in [0.25, 0.3) is 0 Å². The summed E-state index contributed by atoms with van der Waals surface area (Å²) < 4.78 is 0. The summed E-state index contributed by atoms with van der Waals surface area (Å²) in [5.41, 5.74) is 0. The van der Waals surface area contributed by atoms with E-state index in [1.54, 1.807) is 0 Å². The Labute approximate surface area is 119 Å². The average molecular weight is 240 g/mol. The molecule has 9 heteroatoms. The van der Waals surface area contributed by atoms with Crippen molar-refractivity contribution >= 4 is 26.4 Å². The Kier molecular flexibility index (Phi) is 44.1. The zero-order valence-corrected chi connectivity index (χ0v) is 9.37. The van der Waals surface area contributed by atoms with Gasteiger partial charge >= 0.3 is 60.4 Å². The van der Waals surface area contributed by atoms with Gasteiger partial charge in [-0.1, -0.05) is 0 Å². The van der Waals surface area contributed by atoms with Crippen LogP contribution in [0, 0.1) is 0 Å². The summed E-state index contributed by atoms with van der Waals surface area (Å²) in [6, 6.07) is 0. The van der Waals surface area contributed by atoms with Gasteiger partial charge in [0.1, 0.15) is 0 Å². The van der Waals surface area contributed by atoms with Crippen molar-refractivity contribution in [1.82, 2.24) is 0 Å². The van der Waals surface area contributed by atoms with Gasteiger partial charge in [0.2, 0.25) is 0 Å². The summed E-state index contributed by atoms with van der Waals surface area (Å²) in [6.45, 7) is 0. The summed E-state index contributed by atoms with van der Waals surface area (Å²) in [5, 5.41) is 0. The Morgan fingerprint density at radius 2 is 1.00 bits per heavy atom. The Morgan fingerprint density at radius 3 is 1.00 bits per heavy atom. The SMILES string of the molecule is O.O[Si](O)(O)O.[AlH3].[Fe].[H-].[K+]. The molecule has 0 fully saturated rings. The molecule has 0 aliphatic rings. The average Bonchev–Trinajstić information content (AvgIpc) is 0.722. The molecule has 0 saturated carbocycles. The summed E-state index contributed by atoms with van der Waals surface area (Å²) in [6.07, 6.45) is 0. The smallest absolute Gasteiger partial charge is 1.00 e. The third-order valence-electron chi connectivity index (χ3n) is 0. The van der Waals surface area contributed by atoms with Crippen molar-refractivity contribution in [2.45, 2.75) is 0 Å². The van der Waals surface area contributed by atoms with Gasteiger partial charge in [0, 0.05) is 17.1 Å². The second-order valence-electron chi connectivity index (χ2n) is 0.600. The van der Waals surface area contributed by atoms with Crippen molar-refractivity contribution < 1.29 is 94.5 Å². The van der Waals surface area contributed by atoms with Gasteiger partial charge in [-0.3, -0.25) is 0 Å². The molecule has 0 aromatic carbocycles. The molecule has 0 unspecified atom stereocenters. The minimum absolute atomic E-state index is 0. The fraction of sp³-hybridized carbons (Fsp3) is 0. The van der Waals surface area contributed by atoms with Crippen molar-refractivity contribution in [3.8, 4) is 0 Å². The van der Waals surface area contributed by atoms with Crippen molar-refractivity contribution in [3.05, 3.63) is 0 Å². The molecule has 0 aliphatic carbocycles. The first-order chi connectivity index (χ1) is 2.00. The van der Waals surface area contributed by atoms with Crippen LogP contribution >= 0.6 is 0 Å². The van der Waals surface area contributed by atoms with E-state index >= 15 is 0 Å². The molecular formula is H10AlFeKO5Si. The van der Waals surface area contributed by atoms with E-state index in [-0.39, 0.29) is 92.7 Å². The normalized spacial score (nSPS) is 6.67. The zero-order chi connectivity index (χ0) is 4.50. The molecule has 0 saturated heterocycles. The Balaban J connectivity index is -0.00000000800. The molecule has 9 heavy (non-hydrogen) atoms. The minimum atomic E-state index is -4.61. The molecule has 0 atom stereocenters. The van der Waals surface area contributed by atoms with Crippen molar-refractivity contribution in [3.63, 3.8) is 0 Å². The molecule has 6 N–H and O–H groups in total. The van der Waals surface area contributed by atoms with Gasteiger partial charge in [0.25, 0.3) is 0 Å². The summed E-state index contributed by atoms with van der Waals surface area (Å²) in [4.78, 5) is 29.3. The first-order valence-electron chi connectivity index (χ1n) is 0.894. The van der Waals surface area contributed by atoms with Crippen LogP contribution in [0.1, 0.15) is 1.43 Å². The molecule has 5 nitrogen and oxygen atoms in total. The molecule has 56 valence electrons. The van der Waals surface area contributed by atoms with E-state index in [9.17, 15) is 0 Å². The van der Waals surface area contributed by atoms with Crippen molar-refractivity contribution in [2.75, 3.05) is 0 Å². The molecule has 0 rings (SSSR count). The standard InChI is InChI=1S/Al.Fe.K.H4O4Si.H2O.4H/c;;;1-5(2,3)4;;;;;/h;;;1-4H;1H2;;;;/q;;+1;;;;;;-1. The van der Waals surface area contributed by atoms with Crippen LogP contribution in [-0.2, 0) is 17.1 Å². The summed E-state index contributed by atoms with van der Waals surface area (Å²) in [7, 11) is -4.61. The van der Waals surface area contributed by atoms with E-state index in [2.05, 4.69) is 0 Å². The first-order valence-corrected chi connectivity index (χ1v) is 2.68. The van der Waals surface area contributed by atoms with Gasteiger partial charge in [-0.2, -0.15) is 0 Å². The predicted molar refractivity (Wildman–Crippen MR) is 29.3 cm³/mol. The van der Waals surface area contributed by atoms with E-state index in [0.717, 1.165) is 0 Å². The van der Waals surface area contributed by atoms with Crippen molar-refractivity contribution in [2.24, 2.45) is 0 Å². The fourth-order valence-corrected chi connectivity index (χ4v) is 0. The summed E-state index contributed by atoms with van der Waals surface area (Å²) in [5.74, 6) is 0. The molecule has 0 radical (unpaired) electrons. The fourth-order valence-electron chi connectivity index (χ4n) is 0. The predicted octanol–water partition coefficient (Wildman–Crippen LogP) is -7.50. The van der Waals surface area contributed by atoms with Gasteiger partial charge in [-0.05, 0) is 0 Å². The van der Waals surface area contributed by atoms with Gasteiger partial charge in [0.15, 0.2) is 17.4 Å². The zero-order valence-electron chi connectivity index (χ0n) is 5.14. The van der Waals surface area contributed by atoms with Gasteiger partial charge in [0.05, 0.1) is 0 Å². The van der Waals surface area contributed by atoms with Gasteiger partial charge in [-0.15, -0.1) is 0 Å². The largest absolute Gasteiger partial charge is 1.00 e. The number of rotatable bonds is 0. The maximum atomic E-state index is 7.33. The Morgan fingerprint density at radius 1 is 1.00 bits per heavy atom. The van der Waals surface area contributed by atoms with Crippen molar-refractivity contribution in [1.29, 1.82) is 0 Å². The van der Waals surface area contributed by atoms with Crippen LogP contribution in [0.2, 0.25) is 0 Å². The molecule has 0 bridgehead atoms. The molecular weight excluding hydrogens is 230 g/mol. The summed E-state index contributed by atoms with van der Waals surface area (Å²) >= 11 is 0. The van der Waals surface area contributed by atoms with Crippen LogP contribution in [0.15, 0.2) is 0 Å². The topological polar surface area (TPSA) is 112 Å². The minimum Gasteiger partial charge on any atom is -1.00 e. The van der Waals surface area contributed by atoms with E-state index < -0.39 is 9.05 Å². The van der Waals surface area contributed by atoms with E-state index in [1.165, 1.54) is 0 Å². The monoisotopic (exact) mass is 240 g/mol. The van der Waals surface area contributed by atoms with Crippen LogP contribution in [0.3, 0.4) is 0 Å². The Hall–Kier alpha value is 2.71. The molecule has 0 spiro atoms. The quantitative estimate of drug-likeness (QED) is 0.315. The van der Waals surface area contributed by atoms with Crippen LogP contribution < -0.4 is 51.4 Å². The third-order valence-corrected chi connectivity index (χ3v) is 0. The Bertz CT molecular complexity index is 37.1. The molecule has 0 aliphatic heterocycles. The van der Waals surface area contributed by atoms with Gasteiger partial charge < -0.3 is 26.1 Å².